The molecule has 4 unspecified atom stereocenters. The Bertz CT molecular complexity index is 1610. The molecule has 7 N–H and O–H groups in total. The minimum atomic E-state index is -0.967. The van der Waals surface area contributed by atoms with E-state index < -0.39 is 60.2 Å². The van der Waals surface area contributed by atoms with Crippen molar-refractivity contribution >= 4 is 57.2 Å². The average Bonchev–Trinajstić information content (AvgIpc) is 3.62. The molecular formula is C30H34N8O6. The number of hydrogen-bond donors (Lipinski definition) is 5. The van der Waals surface area contributed by atoms with Crippen LogP contribution in [0, 0.1) is 0 Å². The molecule has 0 aliphatic carbocycles. The van der Waals surface area contributed by atoms with Gasteiger partial charge >= 0.3 is 0 Å². The minimum absolute atomic E-state index is 0.0368. The third-order valence-electron chi connectivity index (χ3n) is 8.02. The summed E-state index contributed by atoms with van der Waals surface area (Å²) in [5.41, 5.74) is 12.6. The molecule has 0 spiro atoms. The summed E-state index contributed by atoms with van der Waals surface area (Å²) in [6, 6.07) is 11.5. The summed E-state index contributed by atoms with van der Waals surface area (Å²) in [6.45, 7) is 0.723. The molecule has 2 fully saturated rings. The molecule has 0 bridgehead atoms. The number of hydrogen-bond acceptors (Lipinski definition) is 8. The van der Waals surface area contributed by atoms with Crippen LogP contribution in [0.1, 0.15) is 30.1 Å². The van der Waals surface area contributed by atoms with Gasteiger partial charge < -0.3 is 37.2 Å². The van der Waals surface area contributed by atoms with Crippen LogP contribution < -0.4 is 27.4 Å². The first-order chi connectivity index (χ1) is 21.1. The van der Waals surface area contributed by atoms with Gasteiger partial charge in [0.25, 0.3) is 5.91 Å². The molecule has 0 saturated carbocycles. The number of para-hydroxylation sites is 2. The number of carbonyl (C=O) groups excluding carboxylic acids is 6. The van der Waals surface area contributed by atoms with Crippen LogP contribution in [0.2, 0.25) is 0 Å². The lowest BCUT2D eigenvalue weighted by Gasteiger charge is -2.25. The predicted octanol–water partition coefficient (Wildman–Crippen LogP) is -1.25. The quantitative estimate of drug-likeness (QED) is 0.196. The first-order valence-electron chi connectivity index (χ1n) is 14.3. The Balaban J connectivity index is 1.31. The van der Waals surface area contributed by atoms with Crippen molar-refractivity contribution in [3.8, 4) is 0 Å². The smallest absolute Gasteiger partial charge is 0.253 e. The van der Waals surface area contributed by atoms with Gasteiger partial charge in [-0.25, -0.2) is 4.98 Å². The van der Waals surface area contributed by atoms with E-state index >= 15 is 0 Å². The Kier molecular flexibility index (Phi) is 8.71. The lowest BCUT2D eigenvalue weighted by molar-refractivity contribution is -0.138. The third-order valence-corrected chi connectivity index (χ3v) is 8.02. The van der Waals surface area contributed by atoms with E-state index in [1.165, 1.54) is 16.7 Å². The molecule has 2 aliphatic rings. The maximum atomic E-state index is 13.5. The molecule has 0 radical (unpaired) electrons. The molecule has 14 nitrogen and oxygen atoms in total. The standard InChI is InChI=1S/C30H34N8O6/c1-16(39)34-17-11-24(29(43)35-18-10-23(28(32)42)37(15-18)25(40)12-31)38(14-17)26(41)13-33-30(44)27-19-6-2-4-8-21(19)36-22-9-5-3-7-20(22)27/h2-9,17-18,23-24H,10-15,31H2,1H3,(H2,32,42)(H,33,44)(H,34,39)(H,35,43). The third kappa shape index (κ3) is 6.15. The summed E-state index contributed by atoms with van der Waals surface area (Å²) in [6.07, 6.45) is 0.245. The van der Waals surface area contributed by atoms with Crippen LogP contribution in [-0.4, -0.2) is 101 Å². The first-order valence-corrected chi connectivity index (χ1v) is 14.3. The van der Waals surface area contributed by atoms with Crippen LogP contribution in [-0.2, 0) is 24.0 Å². The van der Waals surface area contributed by atoms with E-state index in [-0.39, 0.29) is 38.4 Å². The highest BCUT2D eigenvalue weighted by molar-refractivity contribution is 6.16. The summed E-state index contributed by atoms with van der Waals surface area (Å²) in [5.74, 6) is -3.00. The van der Waals surface area contributed by atoms with E-state index in [9.17, 15) is 28.8 Å². The highest BCUT2D eigenvalue weighted by Gasteiger charge is 2.43. The van der Waals surface area contributed by atoms with Crippen LogP contribution >= 0.6 is 0 Å². The number of fused-ring (bicyclic) bond motifs is 2. The van der Waals surface area contributed by atoms with E-state index in [0.29, 0.717) is 27.4 Å². The van der Waals surface area contributed by atoms with Crippen molar-refractivity contribution in [1.29, 1.82) is 0 Å². The Morgan fingerprint density at radius 3 is 1.93 bits per heavy atom. The first kappa shape index (κ1) is 30.4. The van der Waals surface area contributed by atoms with E-state index in [0.717, 1.165) is 0 Å². The highest BCUT2D eigenvalue weighted by atomic mass is 16.2. The molecule has 1 aromatic heterocycles. The van der Waals surface area contributed by atoms with Crippen LogP contribution in [0.15, 0.2) is 48.5 Å². The Hall–Kier alpha value is -5.11. The maximum absolute atomic E-state index is 13.5. The highest BCUT2D eigenvalue weighted by Crippen LogP contribution is 2.26. The second kappa shape index (κ2) is 12.6. The van der Waals surface area contributed by atoms with Gasteiger partial charge in [-0.2, -0.15) is 0 Å². The second-order valence-electron chi connectivity index (χ2n) is 11.0. The minimum Gasteiger partial charge on any atom is -0.368 e. The molecular weight excluding hydrogens is 568 g/mol. The number of amides is 6. The van der Waals surface area contributed by atoms with Gasteiger partial charge in [-0.05, 0) is 25.0 Å². The van der Waals surface area contributed by atoms with Gasteiger partial charge in [0.15, 0.2) is 0 Å². The summed E-state index contributed by atoms with van der Waals surface area (Å²) >= 11 is 0. The molecule has 4 atom stereocenters. The summed E-state index contributed by atoms with van der Waals surface area (Å²) in [7, 11) is 0. The van der Waals surface area contributed by atoms with Crippen molar-refractivity contribution in [3.63, 3.8) is 0 Å². The van der Waals surface area contributed by atoms with Gasteiger partial charge in [-0.3, -0.25) is 28.8 Å². The molecule has 44 heavy (non-hydrogen) atoms. The fraction of sp³-hybridized carbons (Fsp3) is 0.367. The van der Waals surface area contributed by atoms with E-state index in [4.69, 9.17) is 11.5 Å². The van der Waals surface area contributed by atoms with Crippen molar-refractivity contribution in [2.75, 3.05) is 26.2 Å². The topological polar surface area (TPSA) is 210 Å². The van der Waals surface area contributed by atoms with Gasteiger partial charge in [-0.15, -0.1) is 0 Å². The van der Waals surface area contributed by atoms with Crippen molar-refractivity contribution in [2.45, 2.75) is 43.9 Å². The molecule has 230 valence electrons. The Morgan fingerprint density at radius 1 is 0.818 bits per heavy atom. The normalized spacial score (nSPS) is 21.3. The fourth-order valence-corrected chi connectivity index (χ4v) is 6.08. The van der Waals surface area contributed by atoms with Gasteiger partial charge in [0.05, 0.1) is 29.7 Å². The molecule has 2 aromatic carbocycles. The van der Waals surface area contributed by atoms with Gasteiger partial charge in [0.1, 0.15) is 12.1 Å². The van der Waals surface area contributed by atoms with Crippen LogP contribution in [0.3, 0.4) is 0 Å². The molecule has 3 aromatic rings. The average molecular weight is 603 g/mol. The van der Waals surface area contributed by atoms with Gasteiger partial charge in [0.2, 0.25) is 29.5 Å². The Labute approximate surface area is 252 Å². The number of rotatable bonds is 8. The van der Waals surface area contributed by atoms with Crippen molar-refractivity contribution in [1.82, 2.24) is 30.7 Å². The number of aromatic nitrogens is 1. The van der Waals surface area contributed by atoms with E-state index in [1.807, 2.05) is 12.1 Å². The number of nitrogens with one attached hydrogen (secondary N) is 3. The van der Waals surface area contributed by atoms with E-state index in [1.54, 1.807) is 36.4 Å². The van der Waals surface area contributed by atoms with Crippen molar-refractivity contribution in [2.24, 2.45) is 11.5 Å². The summed E-state index contributed by atoms with van der Waals surface area (Å²) in [5, 5.41) is 9.55. The van der Waals surface area contributed by atoms with Crippen LogP contribution in [0.4, 0.5) is 0 Å². The second-order valence-corrected chi connectivity index (χ2v) is 11.0. The molecule has 5 rings (SSSR count). The summed E-state index contributed by atoms with van der Waals surface area (Å²) in [4.78, 5) is 83.6. The van der Waals surface area contributed by atoms with Crippen molar-refractivity contribution in [3.05, 3.63) is 54.1 Å². The zero-order valence-electron chi connectivity index (χ0n) is 24.1. The van der Waals surface area contributed by atoms with Gasteiger partial charge in [0, 0.05) is 42.9 Å². The summed E-state index contributed by atoms with van der Waals surface area (Å²) < 4.78 is 0. The number of primary amides is 1. The number of benzene rings is 2. The molecule has 2 aliphatic heterocycles. The largest absolute Gasteiger partial charge is 0.368 e. The number of likely N-dealkylation sites (tertiary alicyclic amines) is 2. The van der Waals surface area contributed by atoms with Crippen LogP contribution in [0.5, 0.6) is 0 Å². The Morgan fingerprint density at radius 2 is 1.36 bits per heavy atom. The zero-order chi connectivity index (χ0) is 31.5. The number of pyridine rings is 1. The van der Waals surface area contributed by atoms with Gasteiger partial charge in [-0.1, -0.05) is 36.4 Å². The molecule has 2 saturated heterocycles. The van der Waals surface area contributed by atoms with Crippen LogP contribution in [0.25, 0.3) is 21.8 Å². The molecule has 14 heteroatoms. The molecule has 6 amide bonds. The lowest BCUT2D eigenvalue weighted by atomic mass is 10.0. The lowest BCUT2D eigenvalue weighted by Crippen LogP contribution is -2.51. The van der Waals surface area contributed by atoms with Crippen molar-refractivity contribution < 1.29 is 28.8 Å². The zero-order valence-corrected chi connectivity index (χ0v) is 24.1. The number of nitrogens with zero attached hydrogens (tertiary/aromatic N) is 3. The predicted molar refractivity (Wildman–Crippen MR) is 160 cm³/mol. The SMILES string of the molecule is CC(=O)NC1CC(C(=O)NC2CC(C(N)=O)N(C(=O)CN)C2)N(C(=O)CNC(=O)c2c3ccccc3nc3ccccc23)C1. The van der Waals surface area contributed by atoms with E-state index in [2.05, 4.69) is 20.9 Å². The molecule has 3 heterocycles. The fourth-order valence-electron chi connectivity index (χ4n) is 6.08. The maximum Gasteiger partial charge on any atom is 0.253 e. The number of carbonyl (C=O) groups is 6. The number of nitrogens with two attached hydrogens (primary N) is 2. The monoisotopic (exact) mass is 602 g/mol.